The number of hydrogen-bond donors (Lipinski definition) is 1. The Morgan fingerprint density at radius 3 is 2.58 bits per heavy atom. The first-order valence-corrected chi connectivity index (χ1v) is 8.30. The summed E-state index contributed by atoms with van der Waals surface area (Å²) in [4.78, 5) is 2.54. The summed E-state index contributed by atoms with van der Waals surface area (Å²) < 4.78 is 6.12. The molecule has 19 heavy (non-hydrogen) atoms. The van der Waals surface area contributed by atoms with Gasteiger partial charge in [-0.15, -0.1) is 0 Å². The van der Waals surface area contributed by atoms with Crippen LogP contribution in [0.15, 0.2) is 0 Å². The fourth-order valence-electron chi connectivity index (χ4n) is 4.79. The lowest BCUT2D eigenvalue weighted by Gasteiger charge is -2.44. The van der Waals surface area contributed by atoms with Crippen molar-refractivity contribution in [3.05, 3.63) is 0 Å². The first-order chi connectivity index (χ1) is 9.19. The number of rotatable bonds is 2. The van der Waals surface area contributed by atoms with Gasteiger partial charge >= 0.3 is 0 Å². The summed E-state index contributed by atoms with van der Waals surface area (Å²) in [5.41, 5.74) is -0.270. The molecule has 4 aliphatic rings. The molecule has 2 unspecified atom stereocenters. The lowest BCUT2D eigenvalue weighted by Crippen LogP contribution is -2.49. The molecule has 0 bridgehead atoms. The van der Waals surface area contributed by atoms with Crippen molar-refractivity contribution in [2.24, 2.45) is 5.92 Å². The first-order valence-electron chi connectivity index (χ1n) is 8.30. The minimum absolute atomic E-state index is 0.144. The van der Waals surface area contributed by atoms with Crippen molar-refractivity contribution < 1.29 is 9.84 Å². The summed E-state index contributed by atoms with van der Waals surface area (Å²) in [5, 5.41) is 11.1. The number of nitrogens with zero attached hydrogens (tertiary/aromatic N) is 1. The lowest BCUT2D eigenvalue weighted by molar-refractivity contribution is -0.137. The summed E-state index contributed by atoms with van der Waals surface area (Å²) in [6.45, 7) is 2.92. The molecule has 2 aliphatic heterocycles. The van der Waals surface area contributed by atoms with Crippen LogP contribution in [0.2, 0.25) is 0 Å². The van der Waals surface area contributed by atoms with Gasteiger partial charge in [0.1, 0.15) is 0 Å². The topological polar surface area (TPSA) is 32.7 Å². The van der Waals surface area contributed by atoms with E-state index in [-0.39, 0.29) is 5.60 Å². The minimum atomic E-state index is -0.415. The molecule has 0 radical (unpaired) electrons. The third-order valence-electron chi connectivity index (χ3n) is 6.14. The molecule has 2 atom stereocenters. The van der Waals surface area contributed by atoms with E-state index in [0.717, 1.165) is 45.0 Å². The number of hydrogen-bond acceptors (Lipinski definition) is 3. The third-order valence-corrected chi connectivity index (χ3v) is 6.14. The molecule has 4 fully saturated rings. The molecule has 2 saturated heterocycles. The third kappa shape index (κ3) is 2.24. The average molecular weight is 265 g/mol. The van der Waals surface area contributed by atoms with Gasteiger partial charge < -0.3 is 9.84 Å². The maximum Gasteiger partial charge on any atom is 0.0816 e. The van der Waals surface area contributed by atoms with Crippen LogP contribution in [0.1, 0.15) is 57.8 Å². The van der Waals surface area contributed by atoms with E-state index in [0.29, 0.717) is 5.92 Å². The van der Waals surface area contributed by atoms with Gasteiger partial charge in [0.2, 0.25) is 0 Å². The van der Waals surface area contributed by atoms with E-state index >= 15 is 0 Å². The van der Waals surface area contributed by atoms with Crippen LogP contribution in [-0.2, 0) is 4.74 Å². The molecule has 0 aromatic heterocycles. The lowest BCUT2D eigenvalue weighted by atomic mass is 9.74. The zero-order valence-corrected chi connectivity index (χ0v) is 11.9. The molecular formula is C16H27NO2. The van der Waals surface area contributed by atoms with Crippen LogP contribution in [0.4, 0.5) is 0 Å². The second-order valence-electron chi connectivity index (χ2n) is 7.48. The van der Waals surface area contributed by atoms with Crippen molar-refractivity contribution >= 4 is 0 Å². The molecule has 3 heteroatoms. The van der Waals surface area contributed by atoms with Gasteiger partial charge in [0.05, 0.1) is 11.2 Å². The summed E-state index contributed by atoms with van der Waals surface area (Å²) in [6, 6.07) is 0.800. The molecule has 0 aromatic rings. The average Bonchev–Trinajstić information content (AvgIpc) is 3.06. The van der Waals surface area contributed by atoms with Crippen LogP contribution in [0.25, 0.3) is 0 Å². The predicted molar refractivity (Wildman–Crippen MR) is 74.0 cm³/mol. The Balaban J connectivity index is 1.45. The molecule has 108 valence electrons. The smallest absolute Gasteiger partial charge is 0.0816 e. The second-order valence-corrected chi connectivity index (χ2v) is 7.48. The first kappa shape index (κ1) is 12.6. The highest BCUT2D eigenvalue weighted by atomic mass is 16.5. The van der Waals surface area contributed by atoms with Crippen molar-refractivity contribution in [3.63, 3.8) is 0 Å². The Hall–Kier alpha value is -0.120. The monoisotopic (exact) mass is 265 g/mol. The van der Waals surface area contributed by atoms with Crippen molar-refractivity contribution in [1.82, 2.24) is 4.90 Å². The molecule has 1 N–H and O–H groups in total. The van der Waals surface area contributed by atoms with E-state index in [2.05, 4.69) is 4.90 Å². The molecular weight excluding hydrogens is 238 g/mol. The second kappa shape index (κ2) is 4.44. The van der Waals surface area contributed by atoms with Crippen LogP contribution in [0.3, 0.4) is 0 Å². The minimum Gasteiger partial charge on any atom is -0.388 e. The molecule has 2 aliphatic carbocycles. The number of aliphatic hydroxyl groups is 1. The van der Waals surface area contributed by atoms with Gasteiger partial charge in [-0.1, -0.05) is 12.8 Å². The SMILES string of the molecule is OC1(C2CCOC3(CCCC3)C2)CCN(C2CC2)C1. The molecule has 4 rings (SSSR count). The van der Waals surface area contributed by atoms with Crippen molar-refractivity contribution in [3.8, 4) is 0 Å². The van der Waals surface area contributed by atoms with Crippen molar-refractivity contribution in [2.75, 3.05) is 19.7 Å². The Labute approximate surface area is 116 Å². The van der Waals surface area contributed by atoms with E-state index in [1.54, 1.807) is 0 Å². The van der Waals surface area contributed by atoms with Crippen LogP contribution in [0, 0.1) is 5.92 Å². The Morgan fingerprint density at radius 2 is 1.84 bits per heavy atom. The Morgan fingerprint density at radius 1 is 1.05 bits per heavy atom. The summed E-state index contributed by atoms with van der Waals surface area (Å²) in [5.74, 6) is 0.475. The highest BCUT2D eigenvalue weighted by Crippen LogP contribution is 2.47. The van der Waals surface area contributed by atoms with E-state index in [1.807, 2.05) is 0 Å². The molecule has 0 amide bonds. The molecule has 2 heterocycles. The summed E-state index contributed by atoms with van der Waals surface area (Å²) in [6.07, 6.45) is 11.0. The molecule has 0 aromatic carbocycles. The highest BCUT2D eigenvalue weighted by molar-refractivity contribution is 5.03. The number of β-amino-alcohol motifs (C(OH)–C–C–N with tert-alkyl or cyclic N) is 1. The van der Waals surface area contributed by atoms with Crippen LogP contribution in [0.5, 0.6) is 0 Å². The number of likely N-dealkylation sites (tertiary alicyclic amines) is 1. The predicted octanol–water partition coefficient (Wildman–Crippen LogP) is 2.33. The van der Waals surface area contributed by atoms with Gasteiger partial charge in [-0.2, -0.15) is 0 Å². The maximum absolute atomic E-state index is 11.1. The van der Waals surface area contributed by atoms with Crippen LogP contribution >= 0.6 is 0 Å². The Kier molecular flexibility index (Phi) is 2.95. The molecule has 1 spiro atoms. The van der Waals surface area contributed by atoms with Crippen molar-refractivity contribution in [2.45, 2.75) is 75.0 Å². The number of ether oxygens (including phenoxy) is 1. The van der Waals surface area contributed by atoms with Gasteiger partial charge in [-0.05, 0) is 50.9 Å². The molecule has 3 nitrogen and oxygen atoms in total. The summed E-state index contributed by atoms with van der Waals surface area (Å²) >= 11 is 0. The van der Waals surface area contributed by atoms with E-state index < -0.39 is 5.60 Å². The van der Waals surface area contributed by atoms with Crippen LogP contribution < -0.4 is 0 Å². The molecule has 2 saturated carbocycles. The fraction of sp³-hybridized carbons (Fsp3) is 1.00. The van der Waals surface area contributed by atoms with Gasteiger partial charge in [0, 0.05) is 25.7 Å². The largest absolute Gasteiger partial charge is 0.388 e. The van der Waals surface area contributed by atoms with Gasteiger partial charge in [-0.3, -0.25) is 4.90 Å². The van der Waals surface area contributed by atoms with Gasteiger partial charge in [0.25, 0.3) is 0 Å². The van der Waals surface area contributed by atoms with E-state index in [1.165, 1.54) is 38.5 Å². The van der Waals surface area contributed by atoms with Gasteiger partial charge in [-0.25, -0.2) is 0 Å². The standard InChI is InChI=1S/C16H27NO2/c18-16(8-9-17(12-16)14-3-4-14)13-5-10-19-15(11-13)6-1-2-7-15/h13-14,18H,1-12H2. The summed E-state index contributed by atoms with van der Waals surface area (Å²) in [7, 11) is 0. The Bertz CT molecular complexity index is 349. The van der Waals surface area contributed by atoms with Crippen molar-refractivity contribution in [1.29, 1.82) is 0 Å². The zero-order valence-electron chi connectivity index (χ0n) is 11.9. The zero-order chi connectivity index (χ0) is 12.9. The fourth-order valence-corrected chi connectivity index (χ4v) is 4.79. The quantitative estimate of drug-likeness (QED) is 0.832. The normalized spacial score (nSPS) is 43.1. The highest BCUT2D eigenvalue weighted by Gasteiger charge is 2.51. The van der Waals surface area contributed by atoms with Crippen LogP contribution in [-0.4, -0.2) is 46.9 Å². The maximum atomic E-state index is 11.1. The van der Waals surface area contributed by atoms with E-state index in [4.69, 9.17) is 4.74 Å². The van der Waals surface area contributed by atoms with E-state index in [9.17, 15) is 5.11 Å². The van der Waals surface area contributed by atoms with Gasteiger partial charge in [0.15, 0.2) is 0 Å².